The Hall–Kier alpha value is -2.87. The van der Waals surface area contributed by atoms with Gasteiger partial charge in [-0.2, -0.15) is 0 Å². The second kappa shape index (κ2) is 14.4. The zero-order chi connectivity index (χ0) is 24.0. The Morgan fingerprint density at radius 3 is 2.26 bits per heavy atom. The van der Waals surface area contributed by atoms with Gasteiger partial charge in [0.1, 0.15) is 5.75 Å². The van der Waals surface area contributed by atoms with Crippen LogP contribution in [0.1, 0.15) is 36.8 Å². The minimum absolute atomic E-state index is 0.0832. The van der Waals surface area contributed by atoms with E-state index in [4.69, 9.17) is 24.7 Å². The Morgan fingerprint density at radius 2 is 1.62 bits per heavy atom. The van der Waals surface area contributed by atoms with Gasteiger partial charge in [-0.05, 0) is 61.1 Å². The van der Waals surface area contributed by atoms with E-state index in [9.17, 15) is 4.79 Å². The summed E-state index contributed by atoms with van der Waals surface area (Å²) in [6.45, 7) is 6.15. The smallest absolute Gasteiger partial charge is 0.314 e. The van der Waals surface area contributed by atoms with Gasteiger partial charge in [0.25, 0.3) is 0 Å². The molecule has 0 heterocycles. The number of hydrogen-bond donors (Lipinski definition) is 2. The summed E-state index contributed by atoms with van der Waals surface area (Å²) in [5.74, 6) is 0.525. The van der Waals surface area contributed by atoms with Crippen LogP contribution in [-0.2, 0) is 19.0 Å². The van der Waals surface area contributed by atoms with Gasteiger partial charge in [-0.3, -0.25) is 4.79 Å². The molecule has 0 amide bonds. The first-order valence-electron chi connectivity index (χ1n) is 12.0. The van der Waals surface area contributed by atoms with E-state index in [2.05, 4.69) is 17.4 Å². The number of ether oxygens (including phenoxy) is 4. The predicted octanol–water partition coefficient (Wildman–Crippen LogP) is 3.70. The summed E-state index contributed by atoms with van der Waals surface area (Å²) >= 11 is 0. The fourth-order valence-corrected chi connectivity index (χ4v) is 3.77. The van der Waals surface area contributed by atoms with Crippen LogP contribution in [-0.4, -0.2) is 52.2 Å². The van der Waals surface area contributed by atoms with Crippen LogP contribution in [0.4, 0.5) is 0 Å². The highest BCUT2D eigenvalue weighted by molar-refractivity contribution is 5.77. The number of hydrogen-bond acceptors (Lipinski definition) is 7. The topological polar surface area (TPSA) is 92.0 Å². The lowest BCUT2D eigenvalue weighted by Gasteiger charge is -2.34. The first-order valence-corrected chi connectivity index (χ1v) is 12.0. The summed E-state index contributed by atoms with van der Waals surface area (Å²) < 4.78 is 21.7. The lowest BCUT2D eigenvalue weighted by Crippen LogP contribution is -2.34. The molecule has 2 unspecified atom stereocenters. The fourth-order valence-electron chi connectivity index (χ4n) is 3.77. The molecule has 1 saturated carbocycles. The maximum Gasteiger partial charge on any atom is 0.314 e. The molecule has 2 aromatic carbocycles. The monoisotopic (exact) mass is 468 g/mol. The number of esters is 1. The van der Waals surface area contributed by atoms with Crippen molar-refractivity contribution in [2.24, 2.45) is 11.7 Å². The second-order valence-electron chi connectivity index (χ2n) is 8.12. The molecular formula is C27H36N2O5. The summed E-state index contributed by atoms with van der Waals surface area (Å²) in [7, 11) is 0. The van der Waals surface area contributed by atoms with Crippen molar-refractivity contribution in [3.63, 3.8) is 0 Å². The van der Waals surface area contributed by atoms with Crippen LogP contribution in [0.2, 0.25) is 0 Å². The van der Waals surface area contributed by atoms with E-state index in [0.29, 0.717) is 57.6 Å². The highest BCUT2D eigenvalue weighted by atomic mass is 16.5. The van der Waals surface area contributed by atoms with E-state index in [-0.39, 0.29) is 17.8 Å². The molecular weight excluding hydrogens is 432 g/mol. The molecule has 2 aromatic rings. The Kier molecular flexibility index (Phi) is 10.9. The Balaban J connectivity index is 1.33. The number of benzene rings is 2. The fraction of sp³-hybridized carbons (Fsp3) is 0.444. The minimum Gasteiger partial charge on any atom is -0.426 e. The molecule has 1 fully saturated rings. The normalized spacial score (nSPS) is 17.7. The van der Waals surface area contributed by atoms with Crippen molar-refractivity contribution in [2.45, 2.75) is 25.7 Å². The molecule has 0 radical (unpaired) electrons. The zero-order valence-electron chi connectivity index (χ0n) is 19.9. The average molecular weight is 469 g/mol. The van der Waals surface area contributed by atoms with Crippen LogP contribution in [0.25, 0.3) is 5.70 Å². The van der Waals surface area contributed by atoms with Gasteiger partial charge >= 0.3 is 5.97 Å². The predicted molar refractivity (Wildman–Crippen MR) is 132 cm³/mol. The van der Waals surface area contributed by atoms with E-state index < -0.39 is 0 Å². The first-order chi connectivity index (χ1) is 16.7. The molecule has 0 aromatic heterocycles. The van der Waals surface area contributed by atoms with Crippen molar-refractivity contribution >= 4 is 11.7 Å². The van der Waals surface area contributed by atoms with Gasteiger partial charge in [0.05, 0.1) is 44.6 Å². The molecule has 7 heteroatoms. The van der Waals surface area contributed by atoms with Crippen LogP contribution < -0.4 is 15.8 Å². The van der Waals surface area contributed by atoms with Gasteiger partial charge in [0, 0.05) is 19.4 Å². The number of carbonyl (C=O) groups is 1. The van der Waals surface area contributed by atoms with E-state index in [0.717, 1.165) is 18.4 Å². The molecule has 1 aliphatic carbocycles. The molecule has 184 valence electrons. The number of nitrogens with two attached hydrogens (primary N) is 1. The quantitative estimate of drug-likeness (QED) is 0.234. The van der Waals surface area contributed by atoms with Gasteiger partial charge < -0.3 is 30.0 Å². The number of rotatable bonds is 15. The molecule has 7 nitrogen and oxygen atoms in total. The highest BCUT2D eigenvalue weighted by Crippen LogP contribution is 2.43. The molecule has 0 aliphatic heterocycles. The van der Waals surface area contributed by atoms with E-state index in [1.54, 1.807) is 18.3 Å². The molecule has 0 saturated heterocycles. The maximum absolute atomic E-state index is 12.6. The van der Waals surface area contributed by atoms with Crippen LogP contribution in [0.15, 0.2) is 60.8 Å². The third kappa shape index (κ3) is 8.17. The van der Waals surface area contributed by atoms with Gasteiger partial charge in [-0.1, -0.05) is 30.3 Å². The van der Waals surface area contributed by atoms with Gasteiger partial charge in [-0.25, -0.2) is 0 Å². The molecule has 3 rings (SSSR count). The number of nitrogens with one attached hydrogen (secondary N) is 1. The highest BCUT2D eigenvalue weighted by Gasteiger charge is 2.38. The van der Waals surface area contributed by atoms with Gasteiger partial charge in [0.2, 0.25) is 0 Å². The maximum atomic E-state index is 12.6. The van der Waals surface area contributed by atoms with Crippen molar-refractivity contribution in [1.82, 2.24) is 5.32 Å². The summed E-state index contributed by atoms with van der Waals surface area (Å²) in [5.41, 5.74) is 8.79. The Labute approximate surface area is 202 Å². The molecule has 34 heavy (non-hydrogen) atoms. The molecule has 3 N–H and O–H groups in total. The Morgan fingerprint density at radius 1 is 0.941 bits per heavy atom. The Bertz CT molecular complexity index is 886. The number of carbonyl (C=O) groups excluding carboxylic acids is 1. The van der Waals surface area contributed by atoms with Gasteiger partial charge in [0.15, 0.2) is 0 Å². The van der Waals surface area contributed by atoms with Gasteiger partial charge in [-0.15, -0.1) is 0 Å². The van der Waals surface area contributed by atoms with Crippen molar-refractivity contribution in [3.8, 4) is 5.75 Å². The second-order valence-corrected chi connectivity index (χ2v) is 8.12. The molecule has 0 bridgehead atoms. The van der Waals surface area contributed by atoms with Crippen LogP contribution in [0.5, 0.6) is 5.75 Å². The van der Waals surface area contributed by atoms with Crippen molar-refractivity contribution in [1.29, 1.82) is 0 Å². The third-order valence-corrected chi connectivity index (χ3v) is 5.81. The standard InChI is InChI=1S/C27H36N2O5/c1-2-31-16-17-33-19-18-32-15-14-29-20-26(28)22-8-10-23(11-9-22)34-27(30)25-13-12-24(25)21-6-4-3-5-7-21/h3-11,20,24-25,29H,2,12-19,28H2,1H3/b26-20-. The van der Waals surface area contributed by atoms with Crippen LogP contribution in [0, 0.1) is 5.92 Å². The lowest BCUT2D eigenvalue weighted by molar-refractivity contribution is -0.142. The van der Waals surface area contributed by atoms with Crippen LogP contribution >= 0.6 is 0 Å². The van der Waals surface area contributed by atoms with Crippen molar-refractivity contribution in [2.75, 3.05) is 46.2 Å². The summed E-state index contributed by atoms with van der Waals surface area (Å²) in [6, 6.07) is 17.4. The zero-order valence-corrected chi connectivity index (χ0v) is 19.9. The lowest BCUT2D eigenvalue weighted by atomic mass is 9.70. The molecule has 1 aliphatic rings. The first kappa shape index (κ1) is 25.7. The molecule has 0 spiro atoms. The summed E-state index contributed by atoms with van der Waals surface area (Å²) in [5, 5.41) is 3.14. The largest absolute Gasteiger partial charge is 0.426 e. The van der Waals surface area contributed by atoms with Crippen LogP contribution in [0.3, 0.4) is 0 Å². The SMILES string of the molecule is CCOCCOCCOCCN/C=C(\N)c1ccc(OC(=O)C2CCC2c2ccccc2)cc1. The van der Waals surface area contributed by atoms with E-state index in [1.807, 2.05) is 37.3 Å². The average Bonchev–Trinajstić information content (AvgIpc) is 2.83. The summed E-state index contributed by atoms with van der Waals surface area (Å²) in [6.07, 6.45) is 3.63. The molecule has 2 atom stereocenters. The van der Waals surface area contributed by atoms with E-state index >= 15 is 0 Å². The van der Waals surface area contributed by atoms with Crippen molar-refractivity contribution < 1.29 is 23.7 Å². The third-order valence-electron chi connectivity index (χ3n) is 5.81. The van der Waals surface area contributed by atoms with Crippen molar-refractivity contribution in [3.05, 3.63) is 71.9 Å². The van der Waals surface area contributed by atoms with E-state index in [1.165, 1.54) is 5.56 Å². The summed E-state index contributed by atoms with van der Waals surface area (Å²) in [4.78, 5) is 12.6. The minimum atomic E-state index is -0.169.